The van der Waals surface area contributed by atoms with Crippen molar-refractivity contribution in [2.45, 2.75) is 13.0 Å². The standard InChI is InChI=1S/C18H20N2O5/c1-23-13-5-6-15(16(9-13)24-2)19-18(22)12-8-17(21)20(10-12)11-14-4-3-7-25-14/h3-7,9,12H,8,10-11H2,1-2H3,(H,19,22)/t12-/m1/s1. The van der Waals surface area contributed by atoms with Crippen molar-refractivity contribution in [3.63, 3.8) is 0 Å². The number of amides is 2. The fraction of sp³-hybridized carbons (Fsp3) is 0.333. The highest BCUT2D eigenvalue weighted by molar-refractivity contribution is 5.98. The normalized spacial score (nSPS) is 16.8. The Balaban J connectivity index is 1.65. The summed E-state index contributed by atoms with van der Waals surface area (Å²) in [6, 6.07) is 8.73. The molecule has 2 amide bonds. The summed E-state index contributed by atoms with van der Waals surface area (Å²) >= 11 is 0. The predicted molar refractivity (Wildman–Crippen MR) is 90.4 cm³/mol. The summed E-state index contributed by atoms with van der Waals surface area (Å²) in [4.78, 5) is 26.3. The van der Waals surface area contributed by atoms with Gasteiger partial charge in [0.05, 0.1) is 38.6 Å². The highest BCUT2D eigenvalue weighted by Crippen LogP contribution is 2.30. The Morgan fingerprint density at radius 2 is 2.16 bits per heavy atom. The maximum Gasteiger partial charge on any atom is 0.229 e. The van der Waals surface area contributed by atoms with Gasteiger partial charge in [0.25, 0.3) is 0 Å². The number of benzene rings is 1. The predicted octanol–water partition coefficient (Wildman–Crippen LogP) is 2.28. The molecule has 1 fully saturated rings. The SMILES string of the molecule is COc1ccc(NC(=O)[C@@H]2CC(=O)N(Cc3ccco3)C2)c(OC)c1. The highest BCUT2D eigenvalue weighted by atomic mass is 16.5. The topological polar surface area (TPSA) is 81.0 Å². The Hall–Kier alpha value is -2.96. The molecule has 1 N–H and O–H groups in total. The minimum atomic E-state index is -0.408. The highest BCUT2D eigenvalue weighted by Gasteiger charge is 2.34. The second-order valence-corrected chi connectivity index (χ2v) is 5.81. The molecule has 0 spiro atoms. The van der Waals surface area contributed by atoms with E-state index in [4.69, 9.17) is 13.9 Å². The number of ether oxygens (including phenoxy) is 2. The third-order valence-corrected chi connectivity index (χ3v) is 4.18. The third-order valence-electron chi connectivity index (χ3n) is 4.18. The number of hydrogen-bond acceptors (Lipinski definition) is 5. The Labute approximate surface area is 145 Å². The first-order valence-corrected chi connectivity index (χ1v) is 7.93. The lowest BCUT2D eigenvalue weighted by Crippen LogP contribution is -2.28. The zero-order valence-corrected chi connectivity index (χ0v) is 14.2. The van der Waals surface area contributed by atoms with E-state index in [0.29, 0.717) is 36.0 Å². The van der Waals surface area contributed by atoms with Crippen molar-refractivity contribution in [1.82, 2.24) is 4.90 Å². The summed E-state index contributed by atoms with van der Waals surface area (Å²) in [5.41, 5.74) is 0.547. The number of nitrogens with zero attached hydrogens (tertiary/aromatic N) is 1. The van der Waals surface area contributed by atoms with Crippen molar-refractivity contribution in [2.75, 3.05) is 26.1 Å². The van der Waals surface area contributed by atoms with Crippen molar-refractivity contribution in [2.24, 2.45) is 5.92 Å². The van der Waals surface area contributed by atoms with E-state index < -0.39 is 5.92 Å². The number of rotatable bonds is 6. The lowest BCUT2D eigenvalue weighted by molar-refractivity contribution is -0.128. The van der Waals surface area contributed by atoms with E-state index in [-0.39, 0.29) is 18.2 Å². The summed E-state index contributed by atoms with van der Waals surface area (Å²) in [5, 5.41) is 2.83. The van der Waals surface area contributed by atoms with Crippen LogP contribution >= 0.6 is 0 Å². The fourth-order valence-electron chi connectivity index (χ4n) is 2.83. The Morgan fingerprint density at radius 3 is 2.84 bits per heavy atom. The first kappa shape index (κ1) is 16.9. The average molecular weight is 344 g/mol. The second-order valence-electron chi connectivity index (χ2n) is 5.81. The van der Waals surface area contributed by atoms with Crippen LogP contribution in [0.3, 0.4) is 0 Å². The van der Waals surface area contributed by atoms with Crippen molar-refractivity contribution in [1.29, 1.82) is 0 Å². The number of nitrogens with one attached hydrogen (secondary N) is 1. The van der Waals surface area contributed by atoms with E-state index in [1.807, 2.05) is 6.07 Å². The molecular formula is C18H20N2O5. The van der Waals surface area contributed by atoms with Gasteiger partial charge in [-0.15, -0.1) is 0 Å². The summed E-state index contributed by atoms with van der Waals surface area (Å²) in [7, 11) is 3.08. The molecular weight excluding hydrogens is 324 g/mol. The molecule has 7 nitrogen and oxygen atoms in total. The van der Waals surface area contributed by atoms with E-state index in [0.717, 1.165) is 0 Å². The molecule has 3 rings (SSSR count). The van der Waals surface area contributed by atoms with Crippen molar-refractivity contribution in [3.05, 3.63) is 42.4 Å². The van der Waals surface area contributed by atoms with Crippen LogP contribution in [0.1, 0.15) is 12.2 Å². The minimum absolute atomic E-state index is 0.0572. The maximum atomic E-state index is 12.5. The van der Waals surface area contributed by atoms with Crippen molar-refractivity contribution in [3.8, 4) is 11.5 Å². The maximum absolute atomic E-state index is 12.5. The zero-order chi connectivity index (χ0) is 17.8. The molecule has 2 heterocycles. The molecule has 2 aromatic rings. The molecule has 1 atom stereocenters. The van der Waals surface area contributed by atoms with Crippen LogP contribution in [-0.4, -0.2) is 37.5 Å². The van der Waals surface area contributed by atoms with Gasteiger partial charge in [0, 0.05) is 19.0 Å². The van der Waals surface area contributed by atoms with Gasteiger partial charge >= 0.3 is 0 Å². The molecule has 1 aliphatic rings. The van der Waals surface area contributed by atoms with Gasteiger partial charge in [0.1, 0.15) is 17.3 Å². The van der Waals surface area contributed by atoms with Gasteiger partial charge in [-0.1, -0.05) is 0 Å². The van der Waals surface area contributed by atoms with Crippen molar-refractivity contribution >= 4 is 17.5 Å². The largest absolute Gasteiger partial charge is 0.497 e. The molecule has 1 aliphatic heterocycles. The summed E-state index contributed by atoms with van der Waals surface area (Å²) in [6.07, 6.45) is 1.75. The Kier molecular flexibility index (Phi) is 4.92. The number of hydrogen-bond donors (Lipinski definition) is 1. The molecule has 1 aromatic heterocycles. The molecule has 0 radical (unpaired) electrons. The molecule has 0 aliphatic carbocycles. The number of anilines is 1. The van der Waals surface area contributed by atoms with Crippen LogP contribution < -0.4 is 14.8 Å². The fourth-order valence-corrected chi connectivity index (χ4v) is 2.83. The number of carbonyl (C=O) groups excluding carboxylic acids is 2. The van der Waals surface area contributed by atoms with Gasteiger partial charge < -0.3 is 24.1 Å². The van der Waals surface area contributed by atoms with Crippen molar-refractivity contribution < 1.29 is 23.5 Å². The number of furan rings is 1. The van der Waals surface area contributed by atoms with Gasteiger partial charge in [-0.05, 0) is 24.3 Å². The quantitative estimate of drug-likeness (QED) is 0.869. The molecule has 0 saturated carbocycles. The first-order chi connectivity index (χ1) is 12.1. The van der Waals surface area contributed by atoms with E-state index >= 15 is 0 Å². The summed E-state index contributed by atoms with van der Waals surface area (Å²) in [6.45, 7) is 0.741. The van der Waals surface area contributed by atoms with Crippen LogP contribution in [0.2, 0.25) is 0 Å². The van der Waals surface area contributed by atoms with E-state index in [9.17, 15) is 9.59 Å². The smallest absolute Gasteiger partial charge is 0.229 e. The van der Waals surface area contributed by atoms with Gasteiger partial charge in [-0.25, -0.2) is 0 Å². The number of methoxy groups -OCH3 is 2. The molecule has 25 heavy (non-hydrogen) atoms. The summed E-state index contributed by atoms with van der Waals surface area (Å²) < 4.78 is 15.7. The van der Waals surface area contributed by atoms with Gasteiger partial charge in [0.2, 0.25) is 11.8 Å². The number of likely N-dealkylation sites (tertiary alicyclic amines) is 1. The molecule has 0 bridgehead atoms. The van der Waals surface area contributed by atoms with E-state index in [2.05, 4.69) is 5.32 Å². The molecule has 7 heteroatoms. The van der Waals surface area contributed by atoms with Crippen LogP contribution in [-0.2, 0) is 16.1 Å². The molecule has 0 unspecified atom stereocenters. The first-order valence-electron chi connectivity index (χ1n) is 7.93. The molecule has 132 valence electrons. The van der Waals surface area contributed by atoms with Crippen LogP contribution in [0.15, 0.2) is 41.0 Å². The second kappa shape index (κ2) is 7.29. The monoisotopic (exact) mass is 344 g/mol. The van der Waals surface area contributed by atoms with Crippen LogP contribution in [0.5, 0.6) is 11.5 Å². The van der Waals surface area contributed by atoms with Gasteiger partial charge in [0.15, 0.2) is 0 Å². The average Bonchev–Trinajstić information content (AvgIpc) is 3.26. The molecule has 1 saturated heterocycles. The van der Waals surface area contributed by atoms with Crippen LogP contribution in [0.4, 0.5) is 5.69 Å². The molecule has 1 aromatic carbocycles. The zero-order valence-electron chi connectivity index (χ0n) is 14.2. The Morgan fingerprint density at radius 1 is 1.32 bits per heavy atom. The van der Waals surface area contributed by atoms with Crippen LogP contribution in [0, 0.1) is 5.92 Å². The van der Waals surface area contributed by atoms with Gasteiger partial charge in [-0.2, -0.15) is 0 Å². The van der Waals surface area contributed by atoms with Gasteiger partial charge in [-0.3, -0.25) is 9.59 Å². The lowest BCUT2D eigenvalue weighted by atomic mass is 10.1. The lowest BCUT2D eigenvalue weighted by Gasteiger charge is -2.16. The van der Waals surface area contributed by atoms with E-state index in [1.165, 1.54) is 7.11 Å². The minimum Gasteiger partial charge on any atom is -0.497 e. The van der Waals surface area contributed by atoms with E-state index in [1.54, 1.807) is 42.5 Å². The number of carbonyl (C=O) groups is 2. The Bertz CT molecular complexity index is 757. The third kappa shape index (κ3) is 3.76. The summed E-state index contributed by atoms with van der Waals surface area (Å²) in [5.74, 6) is 1.16. The van der Waals surface area contributed by atoms with Crippen LogP contribution in [0.25, 0.3) is 0 Å².